The molecule has 0 aliphatic carbocycles. The normalized spacial score (nSPS) is 12.9. The van der Waals surface area contributed by atoms with Crippen molar-refractivity contribution in [3.63, 3.8) is 0 Å². The first-order valence-corrected chi connectivity index (χ1v) is 4.63. The Bertz CT molecular complexity index is 406. The molecule has 0 amide bonds. The Hall–Kier alpha value is -1.92. The number of aliphatic carboxylic acids is 1. The third kappa shape index (κ3) is 4.21. The van der Waals surface area contributed by atoms with Gasteiger partial charge in [0.25, 0.3) is 0 Å². The zero-order valence-electron chi connectivity index (χ0n) is 8.78. The molecular formula is C10H10F3NO3. The molecule has 4 nitrogen and oxygen atoms in total. The molecule has 1 atom stereocenters. The molecule has 0 saturated carbocycles. The van der Waals surface area contributed by atoms with E-state index in [0.29, 0.717) is 0 Å². The van der Waals surface area contributed by atoms with Crippen LogP contribution in [0.15, 0.2) is 24.3 Å². The van der Waals surface area contributed by atoms with E-state index in [1.807, 2.05) is 0 Å². The SMILES string of the molecule is CC(Nc1ccccc1OC(F)(F)F)C(=O)O. The summed E-state index contributed by atoms with van der Waals surface area (Å²) in [6.45, 7) is 1.31. The quantitative estimate of drug-likeness (QED) is 0.860. The van der Waals surface area contributed by atoms with Crippen LogP contribution in [-0.4, -0.2) is 23.5 Å². The number of hydrogen-bond donors (Lipinski definition) is 2. The largest absolute Gasteiger partial charge is 0.573 e. The Morgan fingerprint density at radius 1 is 1.41 bits per heavy atom. The van der Waals surface area contributed by atoms with Gasteiger partial charge in [-0.15, -0.1) is 13.2 Å². The van der Waals surface area contributed by atoms with Crippen molar-refractivity contribution in [3.8, 4) is 5.75 Å². The van der Waals surface area contributed by atoms with Crippen LogP contribution in [0, 0.1) is 0 Å². The molecule has 0 saturated heterocycles. The number of rotatable bonds is 4. The molecule has 0 aromatic heterocycles. The lowest BCUT2D eigenvalue weighted by atomic mass is 10.2. The van der Waals surface area contributed by atoms with Gasteiger partial charge in [-0.25, -0.2) is 0 Å². The fraction of sp³-hybridized carbons (Fsp3) is 0.300. The van der Waals surface area contributed by atoms with Crippen molar-refractivity contribution in [2.45, 2.75) is 19.3 Å². The number of hydrogen-bond acceptors (Lipinski definition) is 3. The minimum Gasteiger partial charge on any atom is -0.480 e. The minimum absolute atomic E-state index is 0.0280. The van der Waals surface area contributed by atoms with Gasteiger partial charge in [-0.2, -0.15) is 0 Å². The van der Waals surface area contributed by atoms with E-state index in [1.165, 1.54) is 25.1 Å². The van der Waals surface area contributed by atoms with E-state index < -0.39 is 24.1 Å². The number of carboxylic acids is 1. The van der Waals surface area contributed by atoms with Gasteiger partial charge < -0.3 is 15.2 Å². The van der Waals surface area contributed by atoms with Gasteiger partial charge in [-0.3, -0.25) is 4.79 Å². The van der Waals surface area contributed by atoms with Crippen LogP contribution < -0.4 is 10.1 Å². The zero-order chi connectivity index (χ0) is 13.1. The second-order valence-corrected chi connectivity index (χ2v) is 3.25. The Morgan fingerprint density at radius 3 is 2.53 bits per heavy atom. The molecule has 0 bridgehead atoms. The van der Waals surface area contributed by atoms with Crippen molar-refractivity contribution in [2.24, 2.45) is 0 Å². The predicted molar refractivity (Wildman–Crippen MR) is 53.8 cm³/mol. The molecule has 1 aromatic carbocycles. The third-order valence-electron chi connectivity index (χ3n) is 1.86. The maximum Gasteiger partial charge on any atom is 0.573 e. The summed E-state index contributed by atoms with van der Waals surface area (Å²) >= 11 is 0. The Balaban J connectivity index is 2.88. The first-order chi connectivity index (χ1) is 7.79. The molecule has 0 aliphatic heterocycles. The smallest absolute Gasteiger partial charge is 0.480 e. The molecule has 1 unspecified atom stereocenters. The van der Waals surface area contributed by atoms with E-state index in [-0.39, 0.29) is 5.69 Å². The first kappa shape index (κ1) is 13.1. The molecular weight excluding hydrogens is 239 g/mol. The summed E-state index contributed by atoms with van der Waals surface area (Å²) in [5.41, 5.74) is -0.0280. The van der Waals surface area contributed by atoms with Crippen LogP contribution in [0.2, 0.25) is 0 Å². The first-order valence-electron chi connectivity index (χ1n) is 4.63. The molecule has 2 N–H and O–H groups in total. The Morgan fingerprint density at radius 2 is 2.00 bits per heavy atom. The summed E-state index contributed by atoms with van der Waals surface area (Å²) in [5, 5.41) is 11.0. The number of nitrogens with one attached hydrogen (secondary N) is 1. The van der Waals surface area contributed by atoms with E-state index in [0.717, 1.165) is 6.07 Å². The standard InChI is InChI=1S/C10H10F3NO3/c1-6(9(15)16)14-7-4-2-3-5-8(7)17-10(11,12)13/h2-6,14H,1H3,(H,15,16). The van der Waals surface area contributed by atoms with Crippen LogP contribution in [0.4, 0.5) is 18.9 Å². The van der Waals surface area contributed by atoms with Crippen LogP contribution in [0.25, 0.3) is 0 Å². The summed E-state index contributed by atoms with van der Waals surface area (Å²) < 4.78 is 39.9. The average molecular weight is 249 g/mol. The number of benzene rings is 1. The molecule has 1 rings (SSSR count). The van der Waals surface area contributed by atoms with E-state index in [2.05, 4.69) is 10.1 Å². The number of alkyl halides is 3. The van der Waals surface area contributed by atoms with Crippen LogP contribution in [-0.2, 0) is 4.79 Å². The monoisotopic (exact) mass is 249 g/mol. The topological polar surface area (TPSA) is 58.6 Å². The minimum atomic E-state index is -4.82. The fourth-order valence-corrected chi connectivity index (χ4v) is 1.09. The molecule has 0 fully saturated rings. The van der Waals surface area contributed by atoms with Gasteiger partial charge in [0.2, 0.25) is 0 Å². The van der Waals surface area contributed by atoms with Crippen molar-refractivity contribution >= 4 is 11.7 Å². The van der Waals surface area contributed by atoms with Gasteiger partial charge in [0, 0.05) is 0 Å². The van der Waals surface area contributed by atoms with Gasteiger partial charge in [-0.1, -0.05) is 12.1 Å². The lowest BCUT2D eigenvalue weighted by Gasteiger charge is -2.16. The molecule has 94 valence electrons. The van der Waals surface area contributed by atoms with Crippen molar-refractivity contribution < 1.29 is 27.8 Å². The maximum atomic E-state index is 12.1. The number of para-hydroxylation sites is 2. The highest BCUT2D eigenvalue weighted by molar-refractivity contribution is 5.77. The van der Waals surface area contributed by atoms with Gasteiger partial charge in [-0.05, 0) is 19.1 Å². The number of ether oxygens (including phenoxy) is 1. The number of anilines is 1. The Labute approximate surface area is 95.0 Å². The van der Waals surface area contributed by atoms with E-state index >= 15 is 0 Å². The van der Waals surface area contributed by atoms with E-state index in [4.69, 9.17) is 5.11 Å². The third-order valence-corrected chi connectivity index (χ3v) is 1.86. The zero-order valence-corrected chi connectivity index (χ0v) is 8.78. The highest BCUT2D eigenvalue weighted by Crippen LogP contribution is 2.30. The highest BCUT2D eigenvalue weighted by Gasteiger charge is 2.32. The second-order valence-electron chi connectivity index (χ2n) is 3.25. The maximum absolute atomic E-state index is 12.1. The molecule has 7 heteroatoms. The van der Waals surface area contributed by atoms with Gasteiger partial charge >= 0.3 is 12.3 Å². The second kappa shape index (κ2) is 4.94. The van der Waals surface area contributed by atoms with Crippen LogP contribution in [0.5, 0.6) is 5.75 Å². The molecule has 17 heavy (non-hydrogen) atoms. The van der Waals surface area contributed by atoms with Gasteiger partial charge in [0.15, 0.2) is 5.75 Å². The summed E-state index contributed by atoms with van der Waals surface area (Å²) in [7, 11) is 0. The molecule has 0 aliphatic rings. The number of carbonyl (C=O) groups is 1. The van der Waals surface area contributed by atoms with E-state index in [9.17, 15) is 18.0 Å². The highest BCUT2D eigenvalue weighted by atomic mass is 19.4. The van der Waals surface area contributed by atoms with E-state index in [1.54, 1.807) is 0 Å². The Kier molecular flexibility index (Phi) is 3.82. The predicted octanol–water partition coefficient (Wildman–Crippen LogP) is 2.47. The number of carboxylic acid groups (broad SMARTS) is 1. The summed E-state index contributed by atoms with van der Waals surface area (Å²) in [6, 6.07) is 4.22. The molecule has 1 aromatic rings. The summed E-state index contributed by atoms with van der Waals surface area (Å²) in [6.07, 6.45) is -4.82. The molecule has 0 heterocycles. The fourth-order valence-electron chi connectivity index (χ4n) is 1.09. The van der Waals surface area contributed by atoms with Crippen LogP contribution in [0.3, 0.4) is 0 Å². The van der Waals surface area contributed by atoms with Crippen molar-refractivity contribution in [1.29, 1.82) is 0 Å². The van der Waals surface area contributed by atoms with Crippen LogP contribution in [0.1, 0.15) is 6.92 Å². The van der Waals surface area contributed by atoms with Crippen molar-refractivity contribution in [1.82, 2.24) is 0 Å². The molecule has 0 radical (unpaired) electrons. The average Bonchev–Trinajstić information content (AvgIpc) is 2.18. The van der Waals surface area contributed by atoms with Crippen LogP contribution >= 0.6 is 0 Å². The number of halogens is 3. The molecule has 0 spiro atoms. The van der Waals surface area contributed by atoms with Crippen molar-refractivity contribution in [2.75, 3.05) is 5.32 Å². The summed E-state index contributed by atoms with van der Waals surface area (Å²) in [4.78, 5) is 10.6. The lowest BCUT2D eigenvalue weighted by molar-refractivity contribution is -0.274. The lowest BCUT2D eigenvalue weighted by Crippen LogP contribution is -2.26. The summed E-state index contributed by atoms with van der Waals surface area (Å²) in [5.74, 6) is -1.64. The van der Waals surface area contributed by atoms with Crippen molar-refractivity contribution in [3.05, 3.63) is 24.3 Å². The van der Waals surface area contributed by atoms with Gasteiger partial charge in [0.05, 0.1) is 5.69 Å². The van der Waals surface area contributed by atoms with Gasteiger partial charge in [0.1, 0.15) is 6.04 Å².